The highest BCUT2D eigenvalue weighted by Gasteiger charge is 2.18. The van der Waals surface area contributed by atoms with Crippen LogP contribution in [0.1, 0.15) is 20.7 Å². The van der Waals surface area contributed by atoms with Crippen LogP contribution in [0.15, 0.2) is 21.9 Å². The Hall–Kier alpha value is -1.14. The zero-order valence-corrected chi connectivity index (χ0v) is 8.55. The van der Waals surface area contributed by atoms with Gasteiger partial charge in [-0.2, -0.15) is 0 Å². The Morgan fingerprint density at radius 1 is 1.07 bits per heavy atom. The Bertz CT molecular complexity index is 414. The third-order valence-corrected chi connectivity index (χ3v) is 2.44. The summed E-state index contributed by atoms with van der Waals surface area (Å²) < 4.78 is 0. The van der Waals surface area contributed by atoms with Crippen LogP contribution < -0.4 is 0 Å². The molecular formula is C8H6O4S2. The third-order valence-electron chi connectivity index (χ3n) is 1.60. The molecule has 0 radical (unpaired) electrons. The first-order chi connectivity index (χ1) is 6.45. The minimum Gasteiger partial charge on any atom is -0.478 e. The lowest BCUT2D eigenvalue weighted by Gasteiger charge is -2.06. The first-order valence-electron chi connectivity index (χ1n) is 3.46. The summed E-state index contributed by atoms with van der Waals surface area (Å²) in [5.41, 5.74) is -0.347. The second-order valence-electron chi connectivity index (χ2n) is 2.47. The smallest absolute Gasteiger partial charge is 0.337 e. The minimum atomic E-state index is -1.25. The second kappa shape index (κ2) is 3.93. The van der Waals surface area contributed by atoms with Gasteiger partial charge < -0.3 is 10.2 Å². The lowest BCUT2D eigenvalue weighted by molar-refractivity contribution is 0.0687. The van der Waals surface area contributed by atoms with Crippen molar-refractivity contribution >= 4 is 37.2 Å². The highest BCUT2D eigenvalue weighted by molar-refractivity contribution is 7.81. The van der Waals surface area contributed by atoms with Crippen molar-refractivity contribution in [3.63, 3.8) is 0 Å². The lowest BCUT2D eigenvalue weighted by Crippen LogP contribution is -2.06. The molecule has 0 bridgehead atoms. The maximum absolute atomic E-state index is 10.7. The third kappa shape index (κ3) is 1.85. The molecule has 0 heterocycles. The Balaban J connectivity index is 3.49. The molecule has 14 heavy (non-hydrogen) atoms. The molecule has 6 heteroatoms. The number of aromatic carboxylic acids is 2. The molecule has 0 aromatic heterocycles. The van der Waals surface area contributed by atoms with Crippen molar-refractivity contribution in [1.82, 2.24) is 0 Å². The van der Waals surface area contributed by atoms with Crippen molar-refractivity contribution in [1.29, 1.82) is 0 Å². The van der Waals surface area contributed by atoms with E-state index in [0.29, 0.717) is 0 Å². The minimum absolute atomic E-state index is 0.0856. The molecule has 0 amide bonds. The fraction of sp³-hybridized carbons (Fsp3) is 0. The van der Waals surface area contributed by atoms with Gasteiger partial charge in [0.2, 0.25) is 0 Å². The molecule has 0 fully saturated rings. The van der Waals surface area contributed by atoms with Crippen molar-refractivity contribution in [3.8, 4) is 0 Å². The number of rotatable bonds is 2. The predicted octanol–water partition coefficient (Wildman–Crippen LogP) is 1.66. The molecule has 0 atom stereocenters. The van der Waals surface area contributed by atoms with E-state index >= 15 is 0 Å². The van der Waals surface area contributed by atoms with E-state index in [-0.39, 0.29) is 20.9 Å². The summed E-state index contributed by atoms with van der Waals surface area (Å²) in [6.07, 6.45) is 0. The Morgan fingerprint density at radius 2 is 1.64 bits per heavy atom. The second-order valence-corrected chi connectivity index (χ2v) is 3.40. The van der Waals surface area contributed by atoms with Gasteiger partial charge in [-0.25, -0.2) is 9.59 Å². The van der Waals surface area contributed by atoms with Crippen molar-refractivity contribution in [2.75, 3.05) is 0 Å². The van der Waals surface area contributed by atoms with Gasteiger partial charge in [-0.3, -0.25) is 0 Å². The van der Waals surface area contributed by atoms with Crippen LogP contribution in [0.3, 0.4) is 0 Å². The highest BCUT2D eigenvalue weighted by Crippen LogP contribution is 2.25. The molecule has 1 aromatic rings. The topological polar surface area (TPSA) is 74.6 Å². The summed E-state index contributed by atoms with van der Waals surface area (Å²) in [7, 11) is 0. The maximum Gasteiger partial charge on any atom is 0.337 e. The van der Waals surface area contributed by atoms with Crippen molar-refractivity contribution in [3.05, 3.63) is 23.3 Å². The molecule has 2 N–H and O–H groups in total. The van der Waals surface area contributed by atoms with Crippen molar-refractivity contribution < 1.29 is 19.8 Å². The van der Waals surface area contributed by atoms with Gasteiger partial charge in [-0.1, -0.05) is 0 Å². The van der Waals surface area contributed by atoms with Crippen LogP contribution in [0.4, 0.5) is 0 Å². The zero-order valence-electron chi connectivity index (χ0n) is 6.76. The summed E-state index contributed by atoms with van der Waals surface area (Å²) >= 11 is 7.75. The van der Waals surface area contributed by atoms with Gasteiger partial charge in [0.25, 0.3) is 0 Å². The largest absolute Gasteiger partial charge is 0.478 e. The van der Waals surface area contributed by atoms with E-state index < -0.39 is 11.9 Å². The first-order valence-corrected chi connectivity index (χ1v) is 4.36. The van der Waals surface area contributed by atoms with Crippen LogP contribution in [0, 0.1) is 0 Å². The zero-order chi connectivity index (χ0) is 10.9. The molecule has 0 saturated carbocycles. The quantitative estimate of drug-likeness (QED) is 0.583. The van der Waals surface area contributed by atoms with Gasteiger partial charge in [0.15, 0.2) is 0 Å². The summed E-state index contributed by atoms with van der Waals surface area (Å²) in [5.74, 6) is -2.46. The first kappa shape index (κ1) is 10.9. The summed E-state index contributed by atoms with van der Waals surface area (Å²) in [6, 6.07) is 2.58. The summed E-state index contributed by atoms with van der Waals surface area (Å²) in [5, 5.41) is 17.5. The summed E-state index contributed by atoms with van der Waals surface area (Å²) in [4.78, 5) is 21.5. The van der Waals surface area contributed by atoms with E-state index in [9.17, 15) is 9.59 Å². The van der Waals surface area contributed by atoms with E-state index in [1.165, 1.54) is 12.1 Å². The van der Waals surface area contributed by atoms with Gasteiger partial charge in [0.05, 0.1) is 11.1 Å². The van der Waals surface area contributed by atoms with Crippen molar-refractivity contribution in [2.45, 2.75) is 9.79 Å². The van der Waals surface area contributed by atoms with Gasteiger partial charge in [-0.05, 0) is 12.1 Å². The molecule has 1 aromatic carbocycles. The lowest BCUT2D eigenvalue weighted by atomic mass is 10.1. The molecule has 74 valence electrons. The van der Waals surface area contributed by atoms with E-state index in [2.05, 4.69) is 25.3 Å². The Labute approximate surface area is 90.4 Å². The van der Waals surface area contributed by atoms with Crippen LogP contribution in [-0.2, 0) is 0 Å². The van der Waals surface area contributed by atoms with Gasteiger partial charge in [0.1, 0.15) is 0 Å². The normalized spacial score (nSPS) is 9.86. The van der Waals surface area contributed by atoms with E-state index in [4.69, 9.17) is 10.2 Å². The predicted molar refractivity (Wildman–Crippen MR) is 54.9 cm³/mol. The SMILES string of the molecule is O=C(O)c1ccc(S)c(C(=O)O)c1S. The van der Waals surface area contributed by atoms with Crippen LogP contribution >= 0.6 is 25.3 Å². The van der Waals surface area contributed by atoms with Gasteiger partial charge >= 0.3 is 11.9 Å². The monoisotopic (exact) mass is 230 g/mol. The fourth-order valence-corrected chi connectivity index (χ4v) is 1.72. The molecular weight excluding hydrogens is 224 g/mol. The van der Waals surface area contributed by atoms with E-state index in [1.54, 1.807) is 0 Å². The number of carboxylic acids is 2. The van der Waals surface area contributed by atoms with Crippen molar-refractivity contribution in [2.24, 2.45) is 0 Å². The van der Waals surface area contributed by atoms with E-state index in [1.807, 2.05) is 0 Å². The van der Waals surface area contributed by atoms with Gasteiger partial charge in [0, 0.05) is 9.79 Å². The molecule has 1 rings (SSSR count). The fourth-order valence-electron chi connectivity index (χ4n) is 0.964. The molecule has 0 spiro atoms. The highest BCUT2D eigenvalue weighted by atomic mass is 32.1. The number of hydrogen-bond donors (Lipinski definition) is 4. The number of thiol groups is 2. The van der Waals surface area contributed by atoms with Crippen LogP contribution in [-0.4, -0.2) is 22.2 Å². The average Bonchev–Trinajstić information content (AvgIpc) is 2.02. The molecule has 4 nitrogen and oxygen atoms in total. The Kier molecular flexibility index (Phi) is 3.07. The molecule has 0 aliphatic rings. The number of hydrogen-bond acceptors (Lipinski definition) is 4. The maximum atomic E-state index is 10.7. The van der Waals surface area contributed by atoms with Crippen LogP contribution in [0.5, 0.6) is 0 Å². The molecule has 0 aliphatic carbocycles. The summed E-state index contributed by atoms with van der Waals surface area (Å²) in [6.45, 7) is 0. The van der Waals surface area contributed by atoms with Crippen LogP contribution in [0.25, 0.3) is 0 Å². The van der Waals surface area contributed by atoms with Gasteiger partial charge in [-0.15, -0.1) is 25.3 Å². The molecule has 0 aliphatic heterocycles. The van der Waals surface area contributed by atoms with E-state index in [0.717, 1.165) is 0 Å². The van der Waals surface area contributed by atoms with Crippen LogP contribution in [0.2, 0.25) is 0 Å². The number of carboxylic acid groups (broad SMARTS) is 2. The average molecular weight is 230 g/mol. The Morgan fingerprint density at radius 3 is 2.07 bits per heavy atom. The molecule has 0 saturated heterocycles. The molecule has 0 unspecified atom stereocenters. The number of carbonyl (C=O) groups is 2. The number of benzene rings is 1. The standard InChI is InChI=1S/C8H6O4S2/c9-7(10)3-1-2-4(13)5(6(3)14)8(11)12/h1-2,13-14H,(H,9,10)(H,11,12).